The molecule has 1 aliphatic rings. The minimum Gasteiger partial charge on any atom is -0.314 e. The van der Waals surface area contributed by atoms with E-state index >= 15 is 0 Å². The molecular formula is C15H25ClN4O. The Balaban J connectivity index is 2.15. The second-order valence-corrected chi connectivity index (χ2v) is 6.46. The van der Waals surface area contributed by atoms with E-state index in [4.69, 9.17) is 11.6 Å². The van der Waals surface area contributed by atoms with Gasteiger partial charge in [0.1, 0.15) is 0 Å². The number of piperazine rings is 1. The minimum absolute atomic E-state index is 0.192. The van der Waals surface area contributed by atoms with Crippen LogP contribution in [0.5, 0.6) is 0 Å². The highest BCUT2D eigenvalue weighted by Gasteiger charge is 2.35. The van der Waals surface area contributed by atoms with Crippen molar-refractivity contribution in [3.63, 3.8) is 0 Å². The fraction of sp³-hybridized carbons (Fsp3) is 0.733. The monoisotopic (exact) mass is 312 g/mol. The average molecular weight is 313 g/mol. The van der Waals surface area contributed by atoms with Crippen LogP contribution in [0.25, 0.3) is 0 Å². The van der Waals surface area contributed by atoms with Crippen LogP contribution in [0.2, 0.25) is 5.02 Å². The molecule has 1 aliphatic heterocycles. The van der Waals surface area contributed by atoms with Crippen molar-refractivity contribution in [1.29, 1.82) is 0 Å². The number of aromatic nitrogens is 2. The van der Waals surface area contributed by atoms with Gasteiger partial charge in [0, 0.05) is 33.2 Å². The van der Waals surface area contributed by atoms with E-state index in [9.17, 15) is 4.79 Å². The Kier molecular flexibility index (Phi) is 5.07. The summed E-state index contributed by atoms with van der Waals surface area (Å²) < 4.78 is 1.74. The van der Waals surface area contributed by atoms with Crippen LogP contribution in [-0.4, -0.2) is 52.2 Å². The van der Waals surface area contributed by atoms with Crippen molar-refractivity contribution in [3.05, 3.63) is 16.4 Å². The van der Waals surface area contributed by atoms with Crippen LogP contribution in [-0.2, 0) is 24.7 Å². The summed E-state index contributed by atoms with van der Waals surface area (Å²) in [6.07, 6.45) is 1.11. The number of carbonyl (C=O) groups excluding carboxylic acids is 1. The summed E-state index contributed by atoms with van der Waals surface area (Å²) in [6.45, 7) is 9.70. The number of rotatable bonds is 5. The maximum Gasteiger partial charge on any atom is 0.158 e. The van der Waals surface area contributed by atoms with Crippen molar-refractivity contribution in [2.75, 3.05) is 26.2 Å². The fourth-order valence-electron chi connectivity index (χ4n) is 2.78. The lowest BCUT2D eigenvalue weighted by atomic mass is 9.92. The van der Waals surface area contributed by atoms with Gasteiger partial charge in [-0.3, -0.25) is 14.4 Å². The van der Waals surface area contributed by atoms with E-state index in [1.807, 2.05) is 27.8 Å². The van der Waals surface area contributed by atoms with Crippen molar-refractivity contribution in [2.45, 2.75) is 39.2 Å². The van der Waals surface area contributed by atoms with E-state index in [2.05, 4.69) is 15.3 Å². The summed E-state index contributed by atoms with van der Waals surface area (Å²) in [5.74, 6) is 0.192. The summed E-state index contributed by atoms with van der Waals surface area (Å²) in [4.78, 5) is 15.0. The molecule has 0 amide bonds. The highest BCUT2D eigenvalue weighted by molar-refractivity contribution is 6.32. The topological polar surface area (TPSA) is 50.2 Å². The van der Waals surface area contributed by atoms with Crippen LogP contribution in [0.15, 0.2) is 0 Å². The summed E-state index contributed by atoms with van der Waals surface area (Å²) in [5, 5.41) is 8.34. The zero-order valence-corrected chi connectivity index (χ0v) is 14.1. The standard InChI is InChI=1S/C15H25ClN4O/c1-5-11-14(16)12(19(4)18-11)10-13(21)15(2,3)20-8-6-17-7-9-20/h17H,5-10H2,1-4H3. The molecule has 118 valence electrons. The molecule has 1 N–H and O–H groups in total. The van der Waals surface area contributed by atoms with Gasteiger partial charge in [-0.25, -0.2) is 0 Å². The first-order valence-electron chi connectivity index (χ1n) is 7.57. The zero-order valence-electron chi connectivity index (χ0n) is 13.4. The molecule has 0 radical (unpaired) electrons. The second-order valence-electron chi connectivity index (χ2n) is 6.08. The number of hydrogen-bond donors (Lipinski definition) is 1. The molecule has 0 spiro atoms. The third kappa shape index (κ3) is 3.30. The predicted octanol–water partition coefficient (Wildman–Crippen LogP) is 1.43. The highest BCUT2D eigenvalue weighted by atomic mass is 35.5. The van der Waals surface area contributed by atoms with E-state index in [1.165, 1.54) is 0 Å². The van der Waals surface area contributed by atoms with Crippen LogP contribution < -0.4 is 5.32 Å². The van der Waals surface area contributed by atoms with Gasteiger partial charge < -0.3 is 5.32 Å². The Morgan fingerprint density at radius 2 is 2.00 bits per heavy atom. The van der Waals surface area contributed by atoms with Gasteiger partial charge in [0.25, 0.3) is 0 Å². The molecule has 1 fully saturated rings. The Hall–Kier alpha value is -0.910. The van der Waals surface area contributed by atoms with Gasteiger partial charge in [-0.2, -0.15) is 5.10 Å². The lowest BCUT2D eigenvalue weighted by molar-refractivity contribution is -0.129. The summed E-state index contributed by atoms with van der Waals surface area (Å²) >= 11 is 6.35. The third-order valence-electron chi connectivity index (χ3n) is 4.42. The molecule has 6 heteroatoms. The van der Waals surface area contributed by atoms with Gasteiger partial charge in [-0.1, -0.05) is 18.5 Å². The molecule has 0 aliphatic carbocycles. The van der Waals surface area contributed by atoms with Crippen LogP contribution in [0, 0.1) is 0 Å². The third-order valence-corrected chi connectivity index (χ3v) is 4.86. The van der Waals surface area contributed by atoms with Gasteiger partial charge in [0.2, 0.25) is 0 Å². The summed E-state index contributed by atoms with van der Waals surface area (Å²) in [5.41, 5.74) is 1.21. The number of carbonyl (C=O) groups is 1. The first kappa shape index (κ1) is 16.5. The normalized spacial score (nSPS) is 17.2. The van der Waals surface area contributed by atoms with Crippen molar-refractivity contribution in [1.82, 2.24) is 20.0 Å². The van der Waals surface area contributed by atoms with Gasteiger partial charge in [-0.15, -0.1) is 0 Å². The predicted molar refractivity (Wildman–Crippen MR) is 84.8 cm³/mol. The first-order valence-corrected chi connectivity index (χ1v) is 7.95. The number of Topliss-reactive ketones (excluding diaryl/α,β-unsaturated/α-hetero) is 1. The van der Waals surface area contributed by atoms with Crippen molar-refractivity contribution >= 4 is 17.4 Å². The number of nitrogens with one attached hydrogen (secondary N) is 1. The molecule has 1 aromatic heterocycles. The van der Waals surface area contributed by atoms with Crippen molar-refractivity contribution in [2.24, 2.45) is 7.05 Å². The van der Waals surface area contributed by atoms with Crippen LogP contribution in [0.3, 0.4) is 0 Å². The lowest BCUT2D eigenvalue weighted by Crippen LogP contribution is -2.57. The quantitative estimate of drug-likeness (QED) is 0.893. The van der Waals surface area contributed by atoms with Crippen LogP contribution in [0.4, 0.5) is 0 Å². The molecule has 5 nitrogen and oxygen atoms in total. The smallest absolute Gasteiger partial charge is 0.158 e. The molecule has 0 aromatic carbocycles. The Morgan fingerprint density at radius 3 is 2.52 bits per heavy atom. The molecule has 0 atom stereocenters. The summed E-state index contributed by atoms with van der Waals surface area (Å²) in [6, 6.07) is 0. The largest absolute Gasteiger partial charge is 0.314 e. The number of aryl methyl sites for hydroxylation is 2. The van der Waals surface area contributed by atoms with Crippen LogP contribution in [0.1, 0.15) is 32.2 Å². The maximum absolute atomic E-state index is 12.8. The van der Waals surface area contributed by atoms with E-state index < -0.39 is 5.54 Å². The highest BCUT2D eigenvalue weighted by Crippen LogP contribution is 2.25. The number of ketones is 1. The van der Waals surface area contributed by atoms with Gasteiger partial charge in [0.05, 0.1) is 28.4 Å². The van der Waals surface area contributed by atoms with E-state index in [0.717, 1.165) is 44.0 Å². The van der Waals surface area contributed by atoms with Gasteiger partial charge in [-0.05, 0) is 20.3 Å². The lowest BCUT2D eigenvalue weighted by Gasteiger charge is -2.40. The van der Waals surface area contributed by atoms with Gasteiger partial charge >= 0.3 is 0 Å². The minimum atomic E-state index is -0.470. The SMILES string of the molecule is CCc1nn(C)c(CC(=O)C(C)(C)N2CCNCC2)c1Cl. The zero-order chi connectivity index (χ0) is 15.6. The molecule has 0 unspecified atom stereocenters. The summed E-state index contributed by atoms with van der Waals surface area (Å²) in [7, 11) is 1.85. The van der Waals surface area contributed by atoms with E-state index in [0.29, 0.717) is 11.4 Å². The number of hydrogen-bond acceptors (Lipinski definition) is 4. The molecule has 1 aromatic rings. The number of nitrogens with zero attached hydrogens (tertiary/aromatic N) is 3. The Bertz CT molecular complexity index is 518. The fourth-order valence-corrected chi connectivity index (χ4v) is 3.14. The van der Waals surface area contributed by atoms with Gasteiger partial charge in [0.15, 0.2) is 5.78 Å². The maximum atomic E-state index is 12.8. The number of halogens is 1. The Labute approximate surface area is 131 Å². The first-order chi connectivity index (χ1) is 9.87. The van der Waals surface area contributed by atoms with Crippen molar-refractivity contribution in [3.8, 4) is 0 Å². The molecule has 21 heavy (non-hydrogen) atoms. The molecule has 0 bridgehead atoms. The second kappa shape index (κ2) is 6.46. The van der Waals surface area contributed by atoms with Crippen LogP contribution >= 0.6 is 11.6 Å². The van der Waals surface area contributed by atoms with E-state index in [-0.39, 0.29) is 5.78 Å². The molecule has 2 heterocycles. The molecular weight excluding hydrogens is 288 g/mol. The molecule has 1 saturated heterocycles. The average Bonchev–Trinajstić information content (AvgIpc) is 2.75. The Morgan fingerprint density at radius 1 is 1.38 bits per heavy atom. The van der Waals surface area contributed by atoms with E-state index in [1.54, 1.807) is 4.68 Å². The molecule has 0 saturated carbocycles. The molecule has 2 rings (SSSR count). The van der Waals surface area contributed by atoms with Crippen molar-refractivity contribution < 1.29 is 4.79 Å².